The molecule has 122 valence electrons. The summed E-state index contributed by atoms with van der Waals surface area (Å²) in [6, 6.07) is 12.0. The molecule has 2 aromatic rings. The summed E-state index contributed by atoms with van der Waals surface area (Å²) < 4.78 is 6.47. The Morgan fingerprint density at radius 1 is 1.08 bits per heavy atom. The Bertz CT molecular complexity index is 833. The molecule has 3 rings (SSSR count). The van der Waals surface area contributed by atoms with Crippen LogP contribution < -0.4 is 10.1 Å². The maximum Gasteiger partial charge on any atom is 0.262 e. The molecule has 1 aliphatic rings. The van der Waals surface area contributed by atoms with Gasteiger partial charge in [0.05, 0.1) is 11.1 Å². The van der Waals surface area contributed by atoms with Crippen LogP contribution >= 0.6 is 22.6 Å². The zero-order valence-electron chi connectivity index (χ0n) is 12.7. The molecule has 0 saturated carbocycles. The van der Waals surface area contributed by atoms with Crippen LogP contribution in [0.5, 0.6) is 5.75 Å². The topological polar surface area (TPSA) is 75.7 Å². The maximum atomic E-state index is 12.0. The number of nitrogens with one attached hydrogen (secondary N) is 1. The number of halogens is 1. The second-order valence-electron chi connectivity index (χ2n) is 5.22. The predicted molar refractivity (Wildman–Crippen MR) is 96.1 cm³/mol. The number of anilines is 1. The molecule has 1 aliphatic heterocycles. The van der Waals surface area contributed by atoms with Gasteiger partial charge in [0.25, 0.3) is 17.7 Å². The van der Waals surface area contributed by atoms with Gasteiger partial charge in [-0.15, -0.1) is 0 Å². The van der Waals surface area contributed by atoms with Crippen molar-refractivity contribution in [1.29, 1.82) is 0 Å². The van der Waals surface area contributed by atoms with Gasteiger partial charge < -0.3 is 10.1 Å². The molecule has 0 fully saturated rings. The lowest BCUT2D eigenvalue weighted by Gasteiger charge is -2.08. The van der Waals surface area contributed by atoms with Gasteiger partial charge in [-0.05, 0) is 65.1 Å². The van der Waals surface area contributed by atoms with Crippen LogP contribution in [0, 0.1) is 3.57 Å². The molecule has 3 amide bonds. The van der Waals surface area contributed by atoms with Gasteiger partial charge in [0.2, 0.25) is 0 Å². The summed E-state index contributed by atoms with van der Waals surface area (Å²) in [6.45, 7) is -0.148. The van der Waals surface area contributed by atoms with Gasteiger partial charge in [0, 0.05) is 16.3 Å². The van der Waals surface area contributed by atoms with Crippen LogP contribution in [0.15, 0.2) is 42.5 Å². The largest absolute Gasteiger partial charge is 0.484 e. The van der Waals surface area contributed by atoms with E-state index in [1.165, 1.54) is 19.2 Å². The van der Waals surface area contributed by atoms with Gasteiger partial charge in [0.1, 0.15) is 5.75 Å². The summed E-state index contributed by atoms with van der Waals surface area (Å²) in [5.74, 6) is -0.461. The highest BCUT2D eigenvalue weighted by molar-refractivity contribution is 14.1. The Labute approximate surface area is 151 Å². The Balaban J connectivity index is 1.64. The molecule has 0 bridgehead atoms. The highest BCUT2D eigenvalue weighted by Crippen LogP contribution is 2.24. The van der Waals surface area contributed by atoms with Gasteiger partial charge >= 0.3 is 0 Å². The quantitative estimate of drug-likeness (QED) is 0.591. The van der Waals surface area contributed by atoms with Crippen LogP contribution in [-0.2, 0) is 4.79 Å². The lowest BCUT2D eigenvalue weighted by Crippen LogP contribution is -2.24. The Morgan fingerprint density at radius 2 is 1.75 bits per heavy atom. The van der Waals surface area contributed by atoms with Crippen molar-refractivity contribution in [1.82, 2.24) is 4.90 Å². The average Bonchev–Trinajstić information content (AvgIpc) is 2.79. The highest BCUT2D eigenvalue weighted by atomic mass is 127. The smallest absolute Gasteiger partial charge is 0.262 e. The summed E-state index contributed by atoms with van der Waals surface area (Å²) in [6.07, 6.45) is 0. The molecule has 1 heterocycles. The van der Waals surface area contributed by atoms with E-state index < -0.39 is 0 Å². The number of fused-ring (bicyclic) bond motifs is 1. The van der Waals surface area contributed by atoms with Crippen LogP contribution in [-0.4, -0.2) is 36.3 Å². The zero-order chi connectivity index (χ0) is 17.3. The van der Waals surface area contributed by atoms with Crippen molar-refractivity contribution < 1.29 is 19.1 Å². The van der Waals surface area contributed by atoms with Crippen molar-refractivity contribution in [3.8, 4) is 5.75 Å². The van der Waals surface area contributed by atoms with E-state index >= 15 is 0 Å². The molecule has 7 heteroatoms. The predicted octanol–water partition coefficient (Wildman–Crippen LogP) is 2.53. The number of rotatable bonds is 4. The number of carbonyl (C=O) groups excluding carboxylic acids is 3. The van der Waals surface area contributed by atoms with E-state index in [0.29, 0.717) is 22.6 Å². The fraction of sp³-hybridized carbons (Fsp3) is 0.118. The Morgan fingerprint density at radius 3 is 2.46 bits per heavy atom. The second kappa shape index (κ2) is 6.60. The van der Waals surface area contributed by atoms with Gasteiger partial charge in [-0.25, -0.2) is 0 Å². The molecule has 0 radical (unpaired) electrons. The fourth-order valence-electron chi connectivity index (χ4n) is 2.32. The van der Waals surface area contributed by atoms with E-state index in [9.17, 15) is 14.4 Å². The van der Waals surface area contributed by atoms with E-state index in [1.54, 1.807) is 18.2 Å². The first-order chi connectivity index (χ1) is 11.5. The lowest BCUT2D eigenvalue weighted by molar-refractivity contribution is -0.118. The summed E-state index contributed by atoms with van der Waals surface area (Å²) >= 11 is 2.18. The summed E-state index contributed by atoms with van der Waals surface area (Å²) in [4.78, 5) is 36.8. The molecule has 24 heavy (non-hydrogen) atoms. The third kappa shape index (κ3) is 3.25. The van der Waals surface area contributed by atoms with Crippen LogP contribution in [0.4, 0.5) is 5.69 Å². The van der Waals surface area contributed by atoms with Crippen LogP contribution in [0.2, 0.25) is 0 Å². The SMILES string of the molecule is CN1C(=O)c2ccc(NC(=O)COc3ccc(I)cc3)cc2C1=O. The second-order valence-corrected chi connectivity index (χ2v) is 6.47. The first-order valence-electron chi connectivity index (χ1n) is 7.10. The standard InChI is InChI=1S/C17H13IN2O4/c1-20-16(22)13-7-4-11(8-14(13)17(20)23)19-15(21)9-24-12-5-2-10(18)3-6-12/h2-8H,9H2,1H3,(H,19,21). The molecule has 0 unspecified atom stereocenters. The maximum absolute atomic E-state index is 12.0. The number of hydrogen-bond donors (Lipinski definition) is 1. The normalized spacial score (nSPS) is 13.0. The number of benzene rings is 2. The van der Waals surface area contributed by atoms with Crippen molar-refractivity contribution in [2.24, 2.45) is 0 Å². The van der Waals surface area contributed by atoms with Crippen LogP contribution in [0.25, 0.3) is 0 Å². The molecular weight excluding hydrogens is 423 g/mol. The van der Waals surface area contributed by atoms with E-state index in [2.05, 4.69) is 27.9 Å². The van der Waals surface area contributed by atoms with Crippen molar-refractivity contribution in [3.05, 3.63) is 57.2 Å². The first kappa shape index (κ1) is 16.4. The van der Waals surface area contributed by atoms with Gasteiger partial charge in [0.15, 0.2) is 6.61 Å². The summed E-state index contributed by atoms with van der Waals surface area (Å²) in [5, 5.41) is 2.66. The van der Waals surface area contributed by atoms with Gasteiger partial charge in [-0.1, -0.05) is 0 Å². The number of ether oxygens (including phenoxy) is 1. The number of amides is 3. The fourth-order valence-corrected chi connectivity index (χ4v) is 2.68. The molecule has 2 aromatic carbocycles. The van der Waals surface area contributed by atoms with Crippen molar-refractivity contribution in [3.63, 3.8) is 0 Å². The summed E-state index contributed by atoms with van der Waals surface area (Å²) in [7, 11) is 1.43. The lowest BCUT2D eigenvalue weighted by atomic mass is 10.1. The number of nitrogens with zero attached hydrogens (tertiary/aromatic N) is 1. The third-order valence-electron chi connectivity index (χ3n) is 3.56. The minimum Gasteiger partial charge on any atom is -0.484 e. The molecular formula is C17H13IN2O4. The molecule has 0 saturated heterocycles. The van der Waals surface area contributed by atoms with E-state index in [-0.39, 0.29) is 24.3 Å². The number of imide groups is 1. The van der Waals surface area contributed by atoms with Crippen molar-refractivity contribution >= 4 is 46.0 Å². The van der Waals surface area contributed by atoms with Crippen LogP contribution in [0.3, 0.4) is 0 Å². The van der Waals surface area contributed by atoms with Gasteiger partial charge in [-0.3, -0.25) is 19.3 Å². The number of carbonyl (C=O) groups is 3. The number of hydrogen-bond acceptors (Lipinski definition) is 4. The molecule has 6 nitrogen and oxygen atoms in total. The first-order valence-corrected chi connectivity index (χ1v) is 8.18. The monoisotopic (exact) mass is 436 g/mol. The highest BCUT2D eigenvalue weighted by Gasteiger charge is 2.32. The molecule has 0 atom stereocenters. The molecule has 0 aromatic heterocycles. The molecule has 1 N–H and O–H groups in total. The van der Waals surface area contributed by atoms with Crippen LogP contribution in [0.1, 0.15) is 20.7 Å². The van der Waals surface area contributed by atoms with Crippen molar-refractivity contribution in [2.75, 3.05) is 19.0 Å². The zero-order valence-corrected chi connectivity index (χ0v) is 14.9. The third-order valence-corrected chi connectivity index (χ3v) is 4.28. The van der Waals surface area contributed by atoms with Gasteiger partial charge in [-0.2, -0.15) is 0 Å². The average molecular weight is 436 g/mol. The minimum absolute atomic E-state index is 0.148. The Hall–Kier alpha value is -2.42. The van der Waals surface area contributed by atoms with E-state index in [0.717, 1.165) is 8.47 Å². The summed E-state index contributed by atoms with van der Waals surface area (Å²) in [5.41, 5.74) is 1.08. The molecule has 0 spiro atoms. The minimum atomic E-state index is -0.374. The molecule has 0 aliphatic carbocycles. The van der Waals surface area contributed by atoms with E-state index in [4.69, 9.17) is 4.74 Å². The van der Waals surface area contributed by atoms with Crippen molar-refractivity contribution in [2.45, 2.75) is 0 Å². The van der Waals surface area contributed by atoms with E-state index in [1.807, 2.05) is 12.1 Å². The Kier molecular flexibility index (Phi) is 4.52.